The Labute approximate surface area is 173 Å². The number of rotatable bonds is 6. The number of likely N-dealkylation sites (N-methyl/N-ethyl adjacent to an activating group) is 1. The van der Waals surface area contributed by atoms with Gasteiger partial charge in [-0.05, 0) is 12.5 Å². The maximum absolute atomic E-state index is 10.8. The minimum Gasteiger partial charge on any atom is -0.394 e. The van der Waals surface area contributed by atoms with Crippen molar-refractivity contribution < 1.29 is 25.2 Å². The minimum atomic E-state index is -1.24. The molecule has 10 nitrogen and oxygen atoms in total. The molecule has 1 aromatic carbocycles. The van der Waals surface area contributed by atoms with Crippen LogP contribution in [0.25, 0.3) is 11.2 Å². The van der Waals surface area contributed by atoms with Gasteiger partial charge in [-0.25, -0.2) is 15.0 Å². The van der Waals surface area contributed by atoms with Crippen LogP contribution in [0.5, 0.6) is 0 Å². The van der Waals surface area contributed by atoms with E-state index in [4.69, 9.17) is 4.74 Å². The molecule has 3 heterocycles. The summed E-state index contributed by atoms with van der Waals surface area (Å²) in [6.07, 6.45) is -2.22. The van der Waals surface area contributed by atoms with Crippen LogP contribution in [0.4, 0.5) is 5.82 Å². The lowest BCUT2D eigenvalue weighted by Crippen LogP contribution is -2.35. The second-order valence-corrected chi connectivity index (χ2v) is 7.46. The zero-order valence-corrected chi connectivity index (χ0v) is 16.6. The molecule has 4 N–H and O–H groups in total. The molecule has 1 aliphatic rings. The standard InChI is InChI=1S/C20H25N5O5/c1-11(15(27)12-6-4-3-5-7-12)24(2)18-14-19(22-9-21-18)25(10-23-14)20-17(29)16(28)13(8-26)30-20/h3-7,9-11,13,15-17,20,26-29H,8H2,1-2H3/t11-,13-,15-,16+,17+,20-/m1/s1. The lowest BCUT2D eigenvalue weighted by atomic mass is 10.0. The number of aromatic nitrogens is 4. The molecule has 1 fully saturated rings. The topological polar surface area (TPSA) is 137 Å². The molecule has 30 heavy (non-hydrogen) atoms. The van der Waals surface area contributed by atoms with E-state index in [2.05, 4.69) is 15.0 Å². The molecule has 10 heteroatoms. The number of ether oxygens (including phenoxy) is 1. The van der Waals surface area contributed by atoms with Crippen molar-refractivity contribution in [2.75, 3.05) is 18.6 Å². The molecule has 0 radical (unpaired) electrons. The second-order valence-electron chi connectivity index (χ2n) is 7.46. The Morgan fingerprint density at radius 3 is 2.53 bits per heavy atom. The lowest BCUT2D eigenvalue weighted by Gasteiger charge is -2.30. The van der Waals surface area contributed by atoms with Crippen LogP contribution in [0.3, 0.4) is 0 Å². The van der Waals surface area contributed by atoms with Crippen LogP contribution in [0.1, 0.15) is 24.8 Å². The van der Waals surface area contributed by atoms with Crippen molar-refractivity contribution in [1.29, 1.82) is 0 Å². The predicted molar refractivity (Wildman–Crippen MR) is 108 cm³/mol. The van der Waals surface area contributed by atoms with E-state index in [9.17, 15) is 20.4 Å². The third-order valence-corrected chi connectivity index (χ3v) is 5.67. The summed E-state index contributed by atoms with van der Waals surface area (Å²) in [6.45, 7) is 1.47. The van der Waals surface area contributed by atoms with E-state index in [1.165, 1.54) is 17.2 Å². The number of anilines is 1. The molecular formula is C20H25N5O5. The van der Waals surface area contributed by atoms with Crippen molar-refractivity contribution in [2.45, 2.75) is 43.6 Å². The Hall–Kier alpha value is -2.63. The van der Waals surface area contributed by atoms with E-state index < -0.39 is 37.3 Å². The van der Waals surface area contributed by atoms with Crippen molar-refractivity contribution in [1.82, 2.24) is 19.5 Å². The molecule has 0 saturated carbocycles. The monoisotopic (exact) mass is 415 g/mol. The lowest BCUT2D eigenvalue weighted by molar-refractivity contribution is -0.0511. The number of hydrogen-bond acceptors (Lipinski definition) is 9. The molecule has 1 saturated heterocycles. The highest BCUT2D eigenvalue weighted by molar-refractivity contribution is 5.83. The van der Waals surface area contributed by atoms with Gasteiger partial charge in [0.25, 0.3) is 0 Å². The number of aliphatic hydroxyl groups excluding tert-OH is 4. The summed E-state index contributed by atoms with van der Waals surface area (Å²) in [5, 5.41) is 40.5. The second kappa shape index (κ2) is 8.25. The Morgan fingerprint density at radius 2 is 1.87 bits per heavy atom. The Bertz CT molecular complexity index is 1000. The Morgan fingerprint density at radius 1 is 1.13 bits per heavy atom. The summed E-state index contributed by atoms with van der Waals surface area (Å²) >= 11 is 0. The summed E-state index contributed by atoms with van der Waals surface area (Å²) in [5.74, 6) is 0.507. The summed E-state index contributed by atoms with van der Waals surface area (Å²) in [7, 11) is 1.81. The van der Waals surface area contributed by atoms with Gasteiger partial charge in [0.2, 0.25) is 0 Å². The normalized spacial score (nSPS) is 26.1. The first kappa shape index (κ1) is 20.6. The van der Waals surface area contributed by atoms with Gasteiger partial charge in [-0.2, -0.15) is 0 Å². The fraction of sp³-hybridized carbons (Fsp3) is 0.450. The number of nitrogens with zero attached hydrogens (tertiary/aromatic N) is 5. The molecule has 0 amide bonds. The van der Waals surface area contributed by atoms with Gasteiger partial charge < -0.3 is 30.1 Å². The van der Waals surface area contributed by atoms with Crippen LogP contribution >= 0.6 is 0 Å². The SMILES string of the molecule is C[C@H]([C@@H](O)c1ccccc1)N(C)c1ncnc2c1ncn2[C@@H]1O[C@H](CO)[C@H](O)[C@@H]1O. The summed E-state index contributed by atoms with van der Waals surface area (Å²) in [4.78, 5) is 14.8. The van der Waals surface area contributed by atoms with Gasteiger partial charge in [0, 0.05) is 7.05 Å². The summed E-state index contributed by atoms with van der Waals surface area (Å²) in [5.41, 5.74) is 1.66. The van der Waals surface area contributed by atoms with Crippen molar-refractivity contribution >= 4 is 17.0 Å². The molecule has 0 spiro atoms. The quantitative estimate of drug-likeness (QED) is 0.438. The summed E-state index contributed by atoms with van der Waals surface area (Å²) < 4.78 is 7.10. The molecule has 0 unspecified atom stereocenters. The van der Waals surface area contributed by atoms with Gasteiger partial charge in [-0.3, -0.25) is 4.57 Å². The third-order valence-electron chi connectivity index (χ3n) is 5.67. The average molecular weight is 415 g/mol. The van der Waals surface area contributed by atoms with Crippen LogP contribution in [0.15, 0.2) is 43.0 Å². The van der Waals surface area contributed by atoms with Crippen LogP contribution in [0, 0.1) is 0 Å². The average Bonchev–Trinajstić information content (AvgIpc) is 3.33. The number of fused-ring (bicyclic) bond motifs is 1. The molecule has 0 aliphatic carbocycles. The highest BCUT2D eigenvalue weighted by Crippen LogP contribution is 2.33. The molecule has 1 aliphatic heterocycles. The van der Waals surface area contributed by atoms with Crippen molar-refractivity contribution in [3.63, 3.8) is 0 Å². The van der Waals surface area contributed by atoms with Crippen LogP contribution < -0.4 is 4.90 Å². The van der Waals surface area contributed by atoms with E-state index in [-0.39, 0.29) is 6.04 Å². The van der Waals surface area contributed by atoms with E-state index >= 15 is 0 Å². The fourth-order valence-corrected chi connectivity index (χ4v) is 3.73. The molecule has 2 aromatic heterocycles. The number of hydrogen-bond donors (Lipinski definition) is 4. The number of aliphatic hydroxyl groups is 4. The molecule has 0 bridgehead atoms. The number of imidazole rings is 1. The van der Waals surface area contributed by atoms with Gasteiger partial charge in [0.1, 0.15) is 24.6 Å². The van der Waals surface area contributed by atoms with Gasteiger partial charge in [0.05, 0.1) is 25.1 Å². The molecule has 3 aromatic rings. The smallest absolute Gasteiger partial charge is 0.167 e. The van der Waals surface area contributed by atoms with Crippen LogP contribution in [-0.4, -0.2) is 78.0 Å². The van der Waals surface area contributed by atoms with Gasteiger partial charge in [0.15, 0.2) is 23.2 Å². The van der Waals surface area contributed by atoms with Gasteiger partial charge in [-0.1, -0.05) is 30.3 Å². The maximum Gasteiger partial charge on any atom is 0.167 e. The summed E-state index contributed by atoms with van der Waals surface area (Å²) in [6, 6.07) is 9.04. The first-order valence-electron chi connectivity index (χ1n) is 9.69. The molecule has 4 rings (SSSR count). The first-order valence-corrected chi connectivity index (χ1v) is 9.69. The zero-order valence-electron chi connectivity index (χ0n) is 16.6. The predicted octanol–water partition coefficient (Wildman–Crippen LogP) is -0.00390. The van der Waals surface area contributed by atoms with Crippen LogP contribution in [-0.2, 0) is 4.74 Å². The third kappa shape index (κ3) is 3.42. The Kier molecular flexibility index (Phi) is 5.67. The molecule has 6 atom stereocenters. The zero-order chi connectivity index (χ0) is 21.4. The van der Waals surface area contributed by atoms with Gasteiger partial charge >= 0.3 is 0 Å². The van der Waals surface area contributed by atoms with E-state index in [1.54, 1.807) is 0 Å². The maximum atomic E-state index is 10.8. The van der Waals surface area contributed by atoms with Crippen LogP contribution in [0.2, 0.25) is 0 Å². The highest BCUT2D eigenvalue weighted by atomic mass is 16.6. The largest absolute Gasteiger partial charge is 0.394 e. The first-order chi connectivity index (χ1) is 14.4. The molecular weight excluding hydrogens is 390 g/mol. The van der Waals surface area contributed by atoms with E-state index in [1.807, 2.05) is 49.2 Å². The van der Waals surface area contributed by atoms with E-state index in [0.29, 0.717) is 17.0 Å². The minimum absolute atomic E-state index is 0.315. The van der Waals surface area contributed by atoms with Crippen molar-refractivity contribution in [3.05, 3.63) is 48.5 Å². The fourth-order valence-electron chi connectivity index (χ4n) is 3.73. The Balaban J connectivity index is 1.65. The van der Waals surface area contributed by atoms with E-state index in [0.717, 1.165) is 5.56 Å². The van der Waals surface area contributed by atoms with Crippen molar-refractivity contribution in [2.24, 2.45) is 0 Å². The highest BCUT2D eigenvalue weighted by Gasteiger charge is 2.44. The van der Waals surface area contributed by atoms with Crippen molar-refractivity contribution in [3.8, 4) is 0 Å². The molecule has 160 valence electrons. The van der Waals surface area contributed by atoms with Gasteiger partial charge in [-0.15, -0.1) is 0 Å². The number of benzene rings is 1.